The number of aromatic nitrogens is 1. The van der Waals surface area contributed by atoms with Crippen LogP contribution in [0.2, 0.25) is 0 Å². The largest absolute Gasteiger partial charge is 0.444 e. The van der Waals surface area contributed by atoms with E-state index in [1.165, 1.54) is 0 Å². The lowest BCUT2D eigenvalue weighted by atomic mass is 10.1. The Kier molecular flexibility index (Phi) is 3.39. The van der Waals surface area contributed by atoms with Crippen LogP contribution in [0.15, 0.2) is 16.7 Å². The van der Waals surface area contributed by atoms with Crippen LogP contribution in [0, 0.1) is 0 Å². The van der Waals surface area contributed by atoms with Crippen molar-refractivity contribution in [2.75, 3.05) is 5.32 Å². The number of hydrogen-bond donors (Lipinski definition) is 1. The average molecular weight is 302 g/mol. The highest BCUT2D eigenvalue weighted by Crippen LogP contribution is 2.41. The number of nitrogens with one attached hydrogen (secondary N) is 1. The van der Waals surface area contributed by atoms with Gasteiger partial charge in [0.05, 0.1) is 0 Å². The Bertz CT molecular complexity index is 738. The van der Waals surface area contributed by atoms with Gasteiger partial charge in [-0.2, -0.15) is 0 Å². The summed E-state index contributed by atoms with van der Waals surface area (Å²) in [5.41, 5.74) is 1.64. The van der Waals surface area contributed by atoms with Crippen LogP contribution < -0.4 is 5.32 Å². The number of anilines is 1. The molecule has 1 saturated carbocycles. The van der Waals surface area contributed by atoms with E-state index in [4.69, 9.17) is 9.15 Å². The molecule has 0 spiro atoms. The van der Waals surface area contributed by atoms with Gasteiger partial charge in [0.25, 0.3) is 0 Å². The number of pyridine rings is 1. The average Bonchev–Trinajstić information content (AvgIpc) is 3.18. The van der Waals surface area contributed by atoms with E-state index in [1.54, 1.807) is 27.0 Å². The number of aldehydes is 1. The first-order valence-electron chi connectivity index (χ1n) is 7.25. The van der Waals surface area contributed by atoms with Crippen molar-refractivity contribution in [2.45, 2.75) is 45.1 Å². The molecule has 1 N–H and O–H groups in total. The molecule has 2 aromatic heterocycles. The summed E-state index contributed by atoms with van der Waals surface area (Å²) in [5.74, 6) is 0.601. The van der Waals surface area contributed by atoms with E-state index in [9.17, 15) is 9.59 Å². The topological polar surface area (TPSA) is 81.4 Å². The zero-order valence-electron chi connectivity index (χ0n) is 12.8. The highest BCUT2D eigenvalue weighted by Gasteiger charge is 2.26. The normalized spacial score (nSPS) is 14.9. The number of furan rings is 1. The van der Waals surface area contributed by atoms with Crippen molar-refractivity contribution in [2.24, 2.45) is 0 Å². The summed E-state index contributed by atoms with van der Waals surface area (Å²) in [4.78, 5) is 27.4. The summed E-state index contributed by atoms with van der Waals surface area (Å²) in [7, 11) is 0. The van der Waals surface area contributed by atoms with Gasteiger partial charge < -0.3 is 9.15 Å². The molecule has 22 heavy (non-hydrogen) atoms. The Morgan fingerprint density at radius 2 is 2.18 bits per heavy atom. The van der Waals surface area contributed by atoms with Gasteiger partial charge in [-0.3, -0.25) is 15.1 Å². The molecular weight excluding hydrogens is 284 g/mol. The van der Waals surface area contributed by atoms with Crippen molar-refractivity contribution in [1.29, 1.82) is 0 Å². The smallest absolute Gasteiger partial charge is 0.414 e. The highest BCUT2D eigenvalue weighted by molar-refractivity contribution is 6.02. The fourth-order valence-electron chi connectivity index (χ4n) is 2.25. The Morgan fingerprint density at radius 1 is 1.45 bits per heavy atom. The highest BCUT2D eigenvalue weighted by atomic mass is 16.6. The maximum Gasteiger partial charge on any atom is 0.414 e. The van der Waals surface area contributed by atoms with Crippen molar-refractivity contribution >= 4 is 29.4 Å². The van der Waals surface area contributed by atoms with Crippen molar-refractivity contribution in [1.82, 2.24) is 4.98 Å². The molecule has 6 heteroatoms. The summed E-state index contributed by atoms with van der Waals surface area (Å²) in [6.07, 6.45) is 4.02. The molecule has 0 atom stereocenters. The second-order valence-corrected chi connectivity index (χ2v) is 6.48. The third-order valence-electron chi connectivity index (χ3n) is 3.37. The van der Waals surface area contributed by atoms with E-state index in [1.807, 2.05) is 6.07 Å². The Hall–Kier alpha value is -2.37. The quantitative estimate of drug-likeness (QED) is 0.870. The lowest BCUT2D eigenvalue weighted by Gasteiger charge is -2.19. The van der Waals surface area contributed by atoms with Crippen molar-refractivity contribution in [3.63, 3.8) is 0 Å². The van der Waals surface area contributed by atoms with Gasteiger partial charge in [0.15, 0.2) is 11.9 Å². The van der Waals surface area contributed by atoms with E-state index >= 15 is 0 Å². The molecule has 0 radical (unpaired) electrons. The number of carbonyl (C=O) groups is 2. The first-order chi connectivity index (χ1) is 10.4. The minimum absolute atomic E-state index is 0.0692. The number of carbonyl (C=O) groups excluding carboxylic acids is 2. The molecule has 3 rings (SSSR count). The molecule has 0 aliphatic heterocycles. The van der Waals surface area contributed by atoms with E-state index < -0.39 is 11.7 Å². The molecule has 1 fully saturated rings. The van der Waals surface area contributed by atoms with Gasteiger partial charge >= 0.3 is 6.09 Å². The van der Waals surface area contributed by atoms with E-state index in [0.717, 1.165) is 18.4 Å². The van der Waals surface area contributed by atoms with Gasteiger partial charge in [0.1, 0.15) is 16.7 Å². The fraction of sp³-hybridized carbons (Fsp3) is 0.438. The van der Waals surface area contributed by atoms with Crippen molar-refractivity contribution < 1.29 is 18.7 Å². The molecule has 1 aliphatic carbocycles. The van der Waals surface area contributed by atoms with Crippen LogP contribution in [0.1, 0.15) is 55.5 Å². The van der Waals surface area contributed by atoms with Crippen LogP contribution in [0.25, 0.3) is 11.1 Å². The third kappa shape index (κ3) is 2.95. The van der Waals surface area contributed by atoms with Crippen LogP contribution in [0.3, 0.4) is 0 Å². The number of rotatable bonds is 3. The Morgan fingerprint density at radius 3 is 2.77 bits per heavy atom. The van der Waals surface area contributed by atoms with Crippen LogP contribution in [-0.4, -0.2) is 23.0 Å². The molecular formula is C16H18N2O4. The monoisotopic (exact) mass is 302 g/mol. The van der Waals surface area contributed by atoms with Gasteiger partial charge in [-0.05, 0) is 51.2 Å². The van der Waals surface area contributed by atoms with Gasteiger partial charge in [0, 0.05) is 6.20 Å². The molecule has 1 amide bonds. The SMILES string of the molecule is CC(C)(C)OC(=O)Nc1oc2cc(C3CC3)cnc2c1C=O. The summed E-state index contributed by atoms with van der Waals surface area (Å²) in [6.45, 7) is 5.28. The molecule has 0 saturated heterocycles. The lowest BCUT2D eigenvalue weighted by molar-refractivity contribution is 0.0633. The van der Waals surface area contributed by atoms with Gasteiger partial charge in [-0.1, -0.05) is 0 Å². The summed E-state index contributed by atoms with van der Waals surface area (Å²) in [6, 6.07) is 1.88. The minimum atomic E-state index is -0.669. The van der Waals surface area contributed by atoms with Crippen molar-refractivity contribution in [3.05, 3.63) is 23.4 Å². The number of nitrogens with zero attached hydrogens (tertiary/aromatic N) is 1. The van der Waals surface area contributed by atoms with Crippen LogP contribution >= 0.6 is 0 Å². The molecule has 0 unspecified atom stereocenters. The zero-order chi connectivity index (χ0) is 15.9. The van der Waals surface area contributed by atoms with Crippen molar-refractivity contribution in [3.8, 4) is 0 Å². The summed E-state index contributed by atoms with van der Waals surface area (Å²) in [5, 5.41) is 2.47. The number of amides is 1. The second-order valence-electron chi connectivity index (χ2n) is 6.48. The first kappa shape index (κ1) is 14.6. The fourth-order valence-corrected chi connectivity index (χ4v) is 2.25. The number of ether oxygens (including phenoxy) is 1. The molecule has 1 aliphatic rings. The van der Waals surface area contributed by atoms with Gasteiger partial charge in [-0.25, -0.2) is 4.79 Å². The lowest BCUT2D eigenvalue weighted by Crippen LogP contribution is -2.27. The maximum atomic E-state index is 11.8. The molecule has 6 nitrogen and oxygen atoms in total. The second kappa shape index (κ2) is 5.12. The van der Waals surface area contributed by atoms with Gasteiger partial charge in [-0.15, -0.1) is 0 Å². The predicted octanol–water partition coefficient (Wildman–Crippen LogP) is 3.86. The summed E-state index contributed by atoms with van der Waals surface area (Å²) >= 11 is 0. The summed E-state index contributed by atoms with van der Waals surface area (Å²) < 4.78 is 10.8. The molecule has 116 valence electrons. The molecule has 0 aromatic carbocycles. The number of hydrogen-bond acceptors (Lipinski definition) is 5. The van der Waals surface area contributed by atoms with Crippen LogP contribution in [0.4, 0.5) is 10.7 Å². The maximum absolute atomic E-state index is 11.8. The predicted molar refractivity (Wildman–Crippen MR) is 81.2 cm³/mol. The van der Waals surface area contributed by atoms with E-state index in [0.29, 0.717) is 23.3 Å². The third-order valence-corrected chi connectivity index (χ3v) is 3.37. The zero-order valence-corrected chi connectivity index (χ0v) is 12.8. The standard InChI is InChI=1S/C16H18N2O4/c1-16(2,3)22-15(20)18-14-11(8-19)13-12(21-14)6-10(7-17-13)9-4-5-9/h6-9H,4-5H2,1-3H3,(H,18,20). The molecule has 2 aromatic rings. The van der Waals surface area contributed by atoms with Gasteiger partial charge in [0.2, 0.25) is 5.88 Å². The van der Waals surface area contributed by atoms with E-state index in [-0.39, 0.29) is 11.4 Å². The number of fused-ring (bicyclic) bond motifs is 1. The van der Waals surface area contributed by atoms with E-state index in [2.05, 4.69) is 10.3 Å². The molecule has 2 heterocycles. The van der Waals surface area contributed by atoms with Crippen LogP contribution in [0.5, 0.6) is 0 Å². The minimum Gasteiger partial charge on any atom is -0.444 e. The van der Waals surface area contributed by atoms with Crippen LogP contribution in [-0.2, 0) is 4.74 Å². The Balaban J connectivity index is 1.91. The molecule has 0 bridgehead atoms. The Labute approximate surface area is 127 Å². The first-order valence-corrected chi connectivity index (χ1v) is 7.25.